The molecule has 18 heavy (non-hydrogen) atoms. The maximum absolute atomic E-state index is 6.42. The summed E-state index contributed by atoms with van der Waals surface area (Å²) < 4.78 is 10.9. The largest absolute Gasteiger partial charge is 0.497 e. The summed E-state index contributed by atoms with van der Waals surface area (Å²) in [6.45, 7) is 0.917. The normalized spacial score (nSPS) is 21.6. The number of hydrogen-bond donors (Lipinski definition) is 0. The first kappa shape index (κ1) is 13.7. The van der Waals surface area contributed by atoms with E-state index < -0.39 is 0 Å². The molecule has 2 unspecified atom stereocenters. The van der Waals surface area contributed by atoms with Gasteiger partial charge in [-0.05, 0) is 49.8 Å². The highest BCUT2D eigenvalue weighted by atomic mass is 35.5. The van der Waals surface area contributed by atoms with Crippen molar-refractivity contribution >= 4 is 11.6 Å². The summed E-state index contributed by atoms with van der Waals surface area (Å²) in [6.07, 6.45) is 6.13. The minimum Gasteiger partial charge on any atom is -0.497 e. The van der Waals surface area contributed by atoms with Crippen LogP contribution in [0.4, 0.5) is 0 Å². The molecule has 0 amide bonds. The third kappa shape index (κ3) is 3.89. The molecule has 0 saturated carbocycles. The Kier molecular flexibility index (Phi) is 5.33. The SMILES string of the molecule is COc1ccc(C(Cl)CCC2CCCCO2)cc1. The molecule has 100 valence electrons. The van der Waals surface area contributed by atoms with Gasteiger partial charge in [0.25, 0.3) is 0 Å². The summed E-state index contributed by atoms with van der Waals surface area (Å²) in [4.78, 5) is 0. The van der Waals surface area contributed by atoms with Gasteiger partial charge in [0.05, 0.1) is 18.6 Å². The highest BCUT2D eigenvalue weighted by Gasteiger charge is 2.16. The van der Waals surface area contributed by atoms with Crippen molar-refractivity contribution in [1.82, 2.24) is 0 Å². The second-order valence-electron chi connectivity index (χ2n) is 4.81. The van der Waals surface area contributed by atoms with Crippen molar-refractivity contribution in [2.24, 2.45) is 0 Å². The lowest BCUT2D eigenvalue weighted by Gasteiger charge is -2.23. The molecule has 0 spiro atoms. The van der Waals surface area contributed by atoms with Crippen LogP contribution in [0.25, 0.3) is 0 Å². The molecule has 0 aliphatic carbocycles. The van der Waals surface area contributed by atoms with Gasteiger partial charge in [-0.3, -0.25) is 0 Å². The molecule has 1 fully saturated rings. The van der Waals surface area contributed by atoms with Gasteiger partial charge in [-0.1, -0.05) is 12.1 Å². The number of rotatable bonds is 5. The average Bonchev–Trinajstić information content (AvgIpc) is 2.46. The molecule has 1 heterocycles. The van der Waals surface area contributed by atoms with Crippen LogP contribution in [0.15, 0.2) is 24.3 Å². The highest BCUT2D eigenvalue weighted by Crippen LogP contribution is 2.29. The summed E-state index contributed by atoms with van der Waals surface area (Å²) in [6, 6.07) is 8.00. The van der Waals surface area contributed by atoms with E-state index in [1.165, 1.54) is 19.3 Å². The van der Waals surface area contributed by atoms with Gasteiger partial charge in [-0.25, -0.2) is 0 Å². The second kappa shape index (κ2) is 7.01. The van der Waals surface area contributed by atoms with Crippen molar-refractivity contribution < 1.29 is 9.47 Å². The predicted molar refractivity (Wildman–Crippen MR) is 74.4 cm³/mol. The first-order valence-corrected chi connectivity index (χ1v) is 7.13. The summed E-state index contributed by atoms with van der Waals surface area (Å²) in [5.74, 6) is 0.873. The molecular formula is C15H21ClO2. The zero-order chi connectivity index (χ0) is 12.8. The Bertz CT molecular complexity index is 344. The van der Waals surface area contributed by atoms with Crippen LogP contribution in [0.2, 0.25) is 0 Å². The lowest BCUT2D eigenvalue weighted by Crippen LogP contribution is -2.19. The Balaban J connectivity index is 1.80. The van der Waals surface area contributed by atoms with Crippen molar-refractivity contribution in [2.45, 2.75) is 43.6 Å². The van der Waals surface area contributed by atoms with E-state index >= 15 is 0 Å². The molecule has 1 aliphatic rings. The van der Waals surface area contributed by atoms with Gasteiger partial charge in [-0.2, -0.15) is 0 Å². The van der Waals surface area contributed by atoms with Crippen LogP contribution in [0.3, 0.4) is 0 Å². The molecular weight excluding hydrogens is 248 g/mol. The monoisotopic (exact) mass is 268 g/mol. The number of hydrogen-bond acceptors (Lipinski definition) is 2. The maximum Gasteiger partial charge on any atom is 0.118 e. The zero-order valence-electron chi connectivity index (χ0n) is 10.9. The van der Waals surface area contributed by atoms with Crippen LogP contribution in [0, 0.1) is 0 Å². The van der Waals surface area contributed by atoms with Gasteiger partial charge >= 0.3 is 0 Å². The van der Waals surface area contributed by atoms with Gasteiger partial charge in [0.1, 0.15) is 5.75 Å². The predicted octanol–water partition coefficient (Wildman–Crippen LogP) is 4.32. The van der Waals surface area contributed by atoms with E-state index in [9.17, 15) is 0 Å². The molecule has 3 heteroatoms. The van der Waals surface area contributed by atoms with Gasteiger partial charge in [0, 0.05) is 6.61 Å². The average molecular weight is 269 g/mol. The highest BCUT2D eigenvalue weighted by molar-refractivity contribution is 6.20. The van der Waals surface area contributed by atoms with Crippen LogP contribution in [0.5, 0.6) is 5.75 Å². The fourth-order valence-electron chi connectivity index (χ4n) is 2.35. The van der Waals surface area contributed by atoms with Gasteiger partial charge in [-0.15, -0.1) is 11.6 Å². The molecule has 0 radical (unpaired) electrons. The smallest absolute Gasteiger partial charge is 0.118 e. The van der Waals surface area contributed by atoms with E-state index in [0.29, 0.717) is 6.10 Å². The van der Waals surface area contributed by atoms with Crippen LogP contribution in [-0.4, -0.2) is 19.8 Å². The fraction of sp³-hybridized carbons (Fsp3) is 0.600. The zero-order valence-corrected chi connectivity index (χ0v) is 11.7. The Morgan fingerprint density at radius 1 is 1.33 bits per heavy atom. The van der Waals surface area contributed by atoms with Crippen LogP contribution in [0.1, 0.15) is 43.0 Å². The number of alkyl halides is 1. The van der Waals surface area contributed by atoms with Crippen LogP contribution in [-0.2, 0) is 4.74 Å². The van der Waals surface area contributed by atoms with E-state index in [0.717, 1.165) is 30.8 Å². The van der Waals surface area contributed by atoms with Crippen LogP contribution < -0.4 is 4.74 Å². The standard InChI is InChI=1S/C15H21ClO2/c1-17-13-7-5-12(6-8-13)15(16)10-9-14-4-2-3-11-18-14/h5-8,14-15H,2-4,9-11H2,1H3. The third-order valence-electron chi connectivity index (χ3n) is 3.49. The molecule has 0 aromatic heterocycles. The van der Waals surface area contributed by atoms with Crippen molar-refractivity contribution in [3.8, 4) is 5.75 Å². The van der Waals surface area contributed by atoms with Crippen molar-refractivity contribution in [2.75, 3.05) is 13.7 Å². The molecule has 2 rings (SSSR count). The Labute approximate surface area is 114 Å². The summed E-state index contributed by atoms with van der Waals surface area (Å²) in [7, 11) is 1.67. The van der Waals surface area contributed by atoms with E-state index in [4.69, 9.17) is 21.1 Å². The quantitative estimate of drug-likeness (QED) is 0.740. The summed E-state index contributed by atoms with van der Waals surface area (Å²) in [5.41, 5.74) is 1.16. The van der Waals surface area contributed by atoms with Crippen molar-refractivity contribution in [1.29, 1.82) is 0 Å². The minimum atomic E-state index is 0.0708. The number of halogens is 1. The topological polar surface area (TPSA) is 18.5 Å². The van der Waals surface area contributed by atoms with E-state index in [1.807, 2.05) is 24.3 Å². The van der Waals surface area contributed by atoms with Crippen molar-refractivity contribution in [3.05, 3.63) is 29.8 Å². The molecule has 1 aromatic carbocycles. The summed E-state index contributed by atoms with van der Waals surface area (Å²) >= 11 is 6.42. The Morgan fingerprint density at radius 3 is 2.72 bits per heavy atom. The van der Waals surface area contributed by atoms with E-state index in [2.05, 4.69) is 0 Å². The molecule has 1 saturated heterocycles. The van der Waals surface area contributed by atoms with E-state index in [1.54, 1.807) is 7.11 Å². The number of ether oxygens (including phenoxy) is 2. The Morgan fingerprint density at radius 2 is 2.11 bits per heavy atom. The third-order valence-corrected chi connectivity index (χ3v) is 3.96. The molecule has 0 N–H and O–H groups in total. The summed E-state index contributed by atoms with van der Waals surface area (Å²) in [5, 5.41) is 0.0708. The molecule has 1 aliphatic heterocycles. The van der Waals surface area contributed by atoms with Gasteiger partial charge in [0.2, 0.25) is 0 Å². The molecule has 0 bridgehead atoms. The fourth-order valence-corrected chi connectivity index (χ4v) is 2.62. The van der Waals surface area contributed by atoms with Gasteiger partial charge in [0.15, 0.2) is 0 Å². The number of methoxy groups -OCH3 is 1. The maximum atomic E-state index is 6.42. The first-order valence-electron chi connectivity index (χ1n) is 6.69. The lowest BCUT2D eigenvalue weighted by atomic mass is 10.0. The van der Waals surface area contributed by atoms with Gasteiger partial charge < -0.3 is 9.47 Å². The first-order chi connectivity index (χ1) is 8.79. The molecule has 1 aromatic rings. The second-order valence-corrected chi connectivity index (χ2v) is 5.33. The molecule has 2 nitrogen and oxygen atoms in total. The van der Waals surface area contributed by atoms with E-state index in [-0.39, 0.29) is 5.38 Å². The van der Waals surface area contributed by atoms with Crippen LogP contribution >= 0.6 is 11.6 Å². The minimum absolute atomic E-state index is 0.0708. The lowest BCUT2D eigenvalue weighted by molar-refractivity contribution is 0.0100. The molecule has 2 atom stereocenters. The van der Waals surface area contributed by atoms with Crippen molar-refractivity contribution in [3.63, 3.8) is 0 Å². The Hall–Kier alpha value is -0.730. The number of benzene rings is 1.